The van der Waals surface area contributed by atoms with Gasteiger partial charge in [-0.25, -0.2) is 0 Å². The molecule has 0 fully saturated rings. The molecule has 0 aliphatic heterocycles. The van der Waals surface area contributed by atoms with Gasteiger partial charge in [-0.2, -0.15) is 0 Å². The Bertz CT molecular complexity index is 630. The number of aromatic nitrogens is 1. The molecule has 3 aromatic rings. The molecule has 0 saturated carbocycles. The topological polar surface area (TPSA) is 12.9 Å². The fourth-order valence-corrected chi connectivity index (χ4v) is 2.09. The first-order chi connectivity index (χ1) is 9.69. The predicted octanol–water partition coefficient (Wildman–Crippen LogP) is 5.10. The van der Waals surface area contributed by atoms with Crippen molar-refractivity contribution in [3.8, 4) is 0 Å². The van der Waals surface area contributed by atoms with Crippen molar-refractivity contribution in [2.75, 3.05) is 0 Å². The average Bonchev–Trinajstić information content (AvgIpc) is 2.49. The van der Waals surface area contributed by atoms with Crippen LogP contribution in [0.15, 0.2) is 60.8 Å². The lowest BCUT2D eigenvalue weighted by Gasteiger charge is -1.99. The first-order valence-corrected chi connectivity index (χ1v) is 7.06. The summed E-state index contributed by atoms with van der Waals surface area (Å²) in [5.41, 5.74) is 3.81. The van der Waals surface area contributed by atoms with E-state index in [-0.39, 0.29) is 0 Å². The van der Waals surface area contributed by atoms with Crippen molar-refractivity contribution in [1.82, 2.24) is 4.98 Å². The minimum absolute atomic E-state index is 1.03. The lowest BCUT2D eigenvalue weighted by atomic mass is 10.1. The van der Waals surface area contributed by atoms with Crippen molar-refractivity contribution in [2.24, 2.45) is 0 Å². The summed E-state index contributed by atoms with van der Waals surface area (Å²) in [6.07, 6.45) is 2.85. The molecule has 1 aromatic heterocycles. The van der Waals surface area contributed by atoms with Crippen LogP contribution in [0.1, 0.15) is 23.7 Å². The van der Waals surface area contributed by atoms with E-state index >= 15 is 0 Å². The van der Waals surface area contributed by atoms with Gasteiger partial charge in [-0.15, -0.1) is 0 Å². The molecule has 102 valence electrons. The van der Waals surface area contributed by atoms with Crippen molar-refractivity contribution in [1.29, 1.82) is 0 Å². The number of nitrogens with zero attached hydrogens (tertiary/aromatic N) is 1. The summed E-state index contributed by atoms with van der Waals surface area (Å²) in [7, 11) is 0. The smallest absolute Gasteiger partial charge is 0.0400 e. The summed E-state index contributed by atoms with van der Waals surface area (Å²) in [6, 6.07) is 19.1. The van der Waals surface area contributed by atoms with Crippen LogP contribution in [-0.2, 0) is 6.42 Å². The molecule has 0 unspecified atom stereocenters. The Morgan fingerprint density at radius 3 is 1.80 bits per heavy atom. The largest absolute Gasteiger partial charge is 0.261 e. The van der Waals surface area contributed by atoms with Gasteiger partial charge in [0.15, 0.2) is 0 Å². The molecule has 0 aliphatic carbocycles. The molecule has 2 aromatic carbocycles. The molecule has 0 aliphatic rings. The molecule has 1 heterocycles. The zero-order chi connectivity index (χ0) is 14.4. The van der Waals surface area contributed by atoms with Gasteiger partial charge >= 0.3 is 0 Å². The van der Waals surface area contributed by atoms with Gasteiger partial charge in [0, 0.05) is 11.9 Å². The van der Waals surface area contributed by atoms with Crippen molar-refractivity contribution in [2.45, 2.75) is 27.2 Å². The molecule has 1 nitrogen and oxygen atoms in total. The standard InChI is InChI=1S/C12H12.C7H9N/c1-9-3-5-12-8-10(2)4-6-11(12)7-9;1-2-7-5-3-4-6-8-7/h3-8H,1-2H3;3-6H,2H2,1H3. The van der Waals surface area contributed by atoms with E-state index in [4.69, 9.17) is 0 Å². The van der Waals surface area contributed by atoms with Crippen LogP contribution in [0.2, 0.25) is 0 Å². The molecular weight excluding hydrogens is 242 g/mol. The maximum Gasteiger partial charge on any atom is 0.0400 e. The number of hydrogen-bond donors (Lipinski definition) is 0. The summed E-state index contributed by atoms with van der Waals surface area (Å²) in [4.78, 5) is 4.10. The summed E-state index contributed by atoms with van der Waals surface area (Å²) in [5.74, 6) is 0. The third-order valence-electron chi connectivity index (χ3n) is 3.24. The summed E-state index contributed by atoms with van der Waals surface area (Å²) in [6.45, 7) is 6.35. The highest BCUT2D eigenvalue weighted by molar-refractivity contribution is 5.83. The Kier molecular flexibility index (Phi) is 4.89. The second kappa shape index (κ2) is 6.85. The van der Waals surface area contributed by atoms with Crippen LogP contribution in [0.25, 0.3) is 10.8 Å². The second-order valence-corrected chi connectivity index (χ2v) is 5.03. The van der Waals surface area contributed by atoms with E-state index < -0.39 is 0 Å². The van der Waals surface area contributed by atoms with Gasteiger partial charge in [0.25, 0.3) is 0 Å². The number of rotatable bonds is 1. The van der Waals surface area contributed by atoms with E-state index in [9.17, 15) is 0 Å². The molecule has 0 bridgehead atoms. The van der Waals surface area contributed by atoms with Gasteiger partial charge < -0.3 is 0 Å². The van der Waals surface area contributed by atoms with Crippen molar-refractivity contribution in [3.63, 3.8) is 0 Å². The molecule has 1 heteroatoms. The molecule has 0 spiro atoms. The van der Waals surface area contributed by atoms with Crippen molar-refractivity contribution in [3.05, 3.63) is 77.6 Å². The predicted molar refractivity (Wildman–Crippen MR) is 87.0 cm³/mol. The number of fused-ring (bicyclic) bond motifs is 1. The van der Waals surface area contributed by atoms with Crippen LogP contribution in [0.3, 0.4) is 0 Å². The Labute approximate surface area is 121 Å². The lowest BCUT2D eigenvalue weighted by molar-refractivity contribution is 1.04. The van der Waals surface area contributed by atoms with Crippen LogP contribution >= 0.6 is 0 Å². The second-order valence-electron chi connectivity index (χ2n) is 5.03. The Balaban J connectivity index is 0.000000160. The molecule has 0 atom stereocenters. The zero-order valence-corrected chi connectivity index (χ0v) is 12.4. The van der Waals surface area contributed by atoms with Gasteiger partial charge in [-0.1, -0.05) is 60.5 Å². The molecular formula is C19H21N. The monoisotopic (exact) mass is 263 g/mol. The maximum absolute atomic E-state index is 4.10. The number of pyridine rings is 1. The van der Waals surface area contributed by atoms with E-state index in [1.807, 2.05) is 24.4 Å². The van der Waals surface area contributed by atoms with E-state index in [1.54, 1.807) is 0 Å². The zero-order valence-electron chi connectivity index (χ0n) is 12.4. The third-order valence-corrected chi connectivity index (χ3v) is 3.24. The summed E-state index contributed by atoms with van der Waals surface area (Å²) < 4.78 is 0. The van der Waals surface area contributed by atoms with Crippen LogP contribution in [0, 0.1) is 13.8 Å². The van der Waals surface area contributed by atoms with E-state index in [0.717, 1.165) is 12.1 Å². The SMILES string of the molecule is CCc1ccccn1.Cc1ccc2cc(C)ccc2c1. The fraction of sp³-hybridized carbons (Fsp3) is 0.211. The highest BCUT2D eigenvalue weighted by atomic mass is 14.6. The van der Waals surface area contributed by atoms with Crippen molar-refractivity contribution >= 4 is 10.8 Å². The van der Waals surface area contributed by atoms with Gasteiger partial charge in [0.1, 0.15) is 0 Å². The summed E-state index contributed by atoms with van der Waals surface area (Å²) in [5, 5.41) is 2.67. The Morgan fingerprint density at radius 2 is 1.40 bits per heavy atom. The Hall–Kier alpha value is -2.15. The van der Waals surface area contributed by atoms with Crippen LogP contribution < -0.4 is 0 Å². The van der Waals surface area contributed by atoms with Crippen LogP contribution in [0.4, 0.5) is 0 Å². The molecule has 3 rings (SSSR count). The number of hydrogen-bond acceptors (Lipinski definition) is 1. The first-order valence-electron chi connectivity index (χ1n) is 7.06. The molecule has 0 amide bonds. The van der Waals surface area contributed by atoms with Gasteiger partial charge in [0.2, 0.25) is 0 Å². The number of aryl methyl sites for hydroxylation is 3. The van der Waals surface area contributed by atoms with Gasteiger partial charge in [-0.05, 0) is 43.2 Å². The third kappa shape index (κ3) is 3.92. The van der Waals surface area contributed by atoms with Crippen molar-refractivity contribution < 1.29 is 0 Å². The van der Waals surface area contributed by atoms with Gasteiger partial charge in [-0.3, -0.25) is 4.98 Å². The van der Waals surface area contributed by atoms with E-state index in [0.29, 0.717) is 0 Å². The minimum Gasteiger partial charge on any atom is -0.261 e. The Morgan fingerprint density at radius 1 is 0.800 bits per heavy atom. The molecule has 0 N–H and O–H groups in total. The van der Waals surface area contributed by atoms with Crippen LogP contribution in [-0.4, -0.2) is 4.98 Å². The average molecular weight is 263 g/mol. The molecule has 0 radical (unpaired) electrons. The number of benzene rings is 2. The molecule has 20 heavy (non-hydrogen) atoms. The molecule has 0 saturated heterocycles. The lowest BCUT2D eigenvalue weighted by Crippen LogP contribution is -1.81. The van der Waals surface area contributed by atoms with E-state index in [2.05, 4.69) is 62.2 Å². The summed E-state index contributed by atoms with van der Waals surface area (Å²) >= 11 is 0. The normalized spacial score (nSPS) is 9.95. The van der Waals surface area contributed by atoms with Crippen LogP contribution in [0.5, 0.6) is 0 Å². The first kappa shape index (κ1) is 14.3. The van der Waals surface area contributed by atoms with Gasteiger partial charge in [0.05, 0.1) is 0 Å². The fourth-order valence-electron chi connectivity index (χ4n) is 2.09. The minimum atomic E-state index is 1.03. The van der Waals surface area contributed by atoms with E-state index in [1.165, 1.54) is 21.9 Å². The quantitative estimate of drug-likeness (QED) is 0.595. The highest BCUT2D eigenvalue weighted by Gasteiger charge is 1.92. The highest BCUT2D eigenvalue weighted by Crippen LogP contribution is 2.16. The maximum atomic E-state index is 4.10.